The van der Waals surface area contributed by atoms with Gasteiger partial charge in [0.15, 0.2) is 11.5 Å². The molecule has 0 aliphatic rings. The molecule has 0 bridgehead atoms. The van der Waals surface area contributed by atoms with Gasteiger partial charge in [-0.05, 0) is 29.8 Å². The largest absolute Gasteiger partial charge is 0.493 e. The van der Waals surface area contributed by atoms with Crippen molar-refractivity contribution in [3.05, 3.63) is 60.2 Å². The van der Waals surface area contributed by atoms with E-state index in [9.17, 15) is 4.79 Å². The van der Waals surface area contributed by atoms with Crippen LogP contribution in [0.5, 0.6) is 11.5 Å². The summed E-state index contributed by atoms with van der Waals surface area (Å²) in [4.78, 5) is 16.5. The van der Waals surface area contributed by atoms with E-state index in [0.717, 1.165) is 16.9 Å². The molecule has 3 aromatic rings. The highest BCUT2D eigenvalue weighted by Crippen LogP contribution is 2.27. The third kappa shape index (κ3) is 3.91. The molecule has 0 saturated heterocycles. The molecule has 0 spiro atoms. The number of hydrogen-bond acceptors (Lipinski definition) is 4. The maximum absolute atomic E-state index is 12.1. The van der Waals surface area contributed by atoms with Crippen molar-refractivity contribution in [2.24, 2.45) is 0 Å². The number of pyridine rings is 1. The van der Waals surface area contributed by atoms with Crippen molar-refractivity contribution in [2.75, 3.05) is 14.2 Å². The number of imidazole rings is 1. The number of rotatable bonds is 7. The van der Waals surface area contributed by atoms with Crippen LogP contribution in [-0.4, -0.2) is 29.5 Å². The van der Waals surface area contributed by atoms with Gasteiger partial charge in [0.2, 0.25) is 5.91 Å². The second-order valence-corrected chi connectivity index (χ2v) is 5.64. The highest BCUT2D eigenvalue weighted by Gasteiger charge is 2.08. The monoisotopic (exact) mass is 339 g/mol. The van der Waals surface area contributed by atoms with E-state index in [-0.39, 0.29) is 5.91 Å². The van der Waals surface area contributed by atoms with Crippen LogP contribution in [0.15, 0.2) is 48.8 Å². The lowest BCUT2D eigenvalue weighted by Gasteiger charge is -2.10. The Hall–Kier alpha value is -3.02. The van der Waals surface area contributed by atoms with Crippen molar-refractivity contribution in [1.29, 1.82) is 0 Å². The Labute approximate surface area is 146 Å². The molecule has 0 radical (unpaired) electrons. The number of nitrogens with one attached hydrogen (secondary N) is 1. The average Bonchev–Trinajstić information content (AvgIpc) is 3.07. The number of carbonyl (C=O) groups excluding carboxylic acids is 1. The Morgan fingerprint density at radius 1 is 1.16 bits per heavy atom. The summed E-state index contributed by atoms with van der Waals surface area (Å²) in [7, 11) is 3.19. The minimum Gasteiger partial charge on any atom is -0.493 e. The number of aromatic nitrogens is 2. The molecule has 1 aromatic carbocycles. The van der Waals surface area contributed by atoms with Crippen molar-refractivity contribution in [2.45, 2.75) is 19.4 Å². The molecule has 0 aliphatic heterocycles. The molecule has 2 aromatic heterocycles. The van der Waals surface area contributed by atoms with Crippen LogP contribution in [0.3, 0.4) is 0 Å². The number of amides is 1. The fourth-order valence-corrected chi connectivity index (χ4v) is 2.69. The fraction of sp³-hybridized carbons (Fsp3) is 0.263. The van der Waals surface area contributed by atoms with Crippen LogP contribution in [0.1, 0.15) is 17.8 Å². The summed E-state index contributed by atoms with van der Waals surface area (Å²) in [5, 5.41) is 2.93. The fourth-order valence-electron chi connectivity index (χ4n) is 2.69. The minimum absolute atomic E-state index is 0.0116. The summed E-state index contributed by atoms with van der Waals surface area (Å²) < 4.78 is 12.5. The summed E-state index contributed by atoms with van der Waals surface area (Å²) in [6, 6.07) is 11.5. The first-order valence-corrected chi connectivity index (χ1v) is 8.10. The van der Waals surface area contributed by atoms with Gasteiger partial charge in [-0.25, -0.2) is 4.98 Å². The predicted molar refractivity (Wildman–Crippen MR) is 94.9 cm³/mol. The summed E-state index contributed by atoms with van der Waals surface area (Å²) in [5.74, 6) is 2.20. The number of methoxy groups -OCH3 is 2. The third-order valence-corrected chi connectivity index (χ3v) is 4.03. The number of ether oxygens (including phenoxy) is 2. The van der Waals surface area contributed by atoms with Crippen molar-refractivity contribution in [3.63, 3.8) is 0 Å². The van der Waals surface area contributed by atoms with Gasteiger partial charge in [-0.2, -0.15) is 0 Å². The molecule has 0 fully saturated rings. The number of carbonyl (C=O) groups is 1. The van der Waals surface area contributed by atoms with Gasteiger partial charge in [0.05, 0.1) is 25.9 Å². The molecule has 1 amide bonds. The quantitative estimate of drug-likeness (QED) is 0.719. The maximum atomic E-state index is 12.1. The molecular formula is C19H21N3O3. The second kappa shape index (κ2) is 7.70. The van der Waals surface area contributed by atoms with Crippen molar-refractivity contribution < 1.29 is 14.3 Å². The van der Waals surface area contributed by atoms with Crippen molar-refractivity contribution in [1.82, 2.24) is 14.7 Å². The predicted octanol–water partition coefficient (Wildman–Crippen LogP) is 2.60. The Balaban J connectivity index is 1.54. The van der Waals surface area contributed by atoms with E-state index in [1.807, 2.05) is 53.2 Å². The lowest BCUT2D eigenvalue weighted by molar-refractivity contribution is -0.121. The van der Waals surface area contributed by atoms with Crippen LogP contribution in [0.4, 0.5) is 0 Å². The number of hydrogen-bond donors (Lipinski definition) is 1. The molecule has 6 nitrogen and oxygen atoms in total. The molecule has 25 heavy (non-hydrogen) atoms. The zero-order valence-corrected chi connectivity index (χ0v) is 14.4. The minimum atomic E-state index is -0.0116. The van der Waals surface area contributed by atoms with Gasteiger partial charge in [-0.3, -0.25) is 4.79 Å². The third-order valence-electron chi connectivity index (χ3n) is 4.03. The molecule has 0 atom stereocenters. The van der Waals surface area contributed by atoms with Crippen LogP contribution in [0.2, 0.25) is 0 Å². The lowest BCUT2D eigenvalue weighted by atomic mass is 10.2. The van der Waals surface area contributed by atoms with E-state index in [0.29, 0.717) is 30.9 Å². The molecule has 0 saturated carbocycles. The molecule has 0 aliphatic carbocycles. The highest BCUT2D eigenvalue weighted by molar-refractivity contribution is 5.76. The van der Waals surface area contributed by atoms with E-state index in [1.165, 1.54) is 0 Å². The smallest absolute Gasteiger partial charge is 0.220 e. The van der Waals surface area contributed by atoms with Gasteiger partial charge in [-0.15, -0.1) is 0 Å². The van der Waals surface area contributed by atoms with Crippen LogP contribution in [0, 0.1) is 0 Å². The molecule has 0 unspecified atom stereocenters. The van der Waals surface area contributed by atoms with Gasteiger partial charge in [0.25, 0.3) is 0 Å². The van der Waals surface area contributed by atoms with Crippen molar-refractivity contribution in [3.8, 4) is 11.5 Å². The maximum Gasteiger partial charge on any atom is 0.220 e. The van der Waals surface area contributed by atoms with E-state index in [4.69, 9.17) is 9.47 Å². The standard InChI is InChI=1S/C19H21N3O3/c1-24-16-7-6-14(11-17(16)25-2)12-21-19(23)9-8-18-20-13-15-5-3-4-10-22(15)18/h3-7,10-11,13H,8-9,12H2,1-2H3,(H,21,23). The summed E-state index contributed by atoms with van der Waals surface area (Å²) >= 11 is 0. The Bertz CT molecular complexity index is 873. The topological polar surface area (TPSA) is 64.9 Å². The van der Waals surface area contributed by atoms with Gasteiger partial charge < -0.3 is 19.2 Å². The first kappa shape index (κ1) is 16.8. The average molecular weight is 339 g/mol. The number of nitrogens with zero attached hydrogens (tertiary/aromatic N) is 2. The molecule has 3 rings (SSSR count). The van der Waals surface area contributed by atoms with Gasteiger partial charge in [0.1, 0.15) is 5.82 Å². The van der Waals surface area contributed by atoms with Gasteiger partial charge in [0, 0.05) is 25.6 Å². The molecule has 1 N–H and O–H groups in total. The summed E-state index contributed by atoms with van der Waals surface area (Å²) in [5.41, 5.74) is 1.99. The van der Waals surface area contributed by atoms with Crippen LogP contribution < -0.4 is 14.8 Å². The van der Waals surface area contributed by atoms with E-state index >= 15 is 0 Å². The lowest BCUT2D eigenvalue weighted by Crippen LogP contribution is -2.23. The zero-order chi connectivity index (χ0) is 17.6. The summed E-state index contributed by atoms with van der Waals surface area (Å²) in [6.45, 7) is 0.446. The SMILES string of the molecule is COc1ccc(CNC(=O)CCc2ncc3ccccn23)cc1OC. The molecule has 2 heterocycles. The molecule has 130 valence electrons. The first-order chi connectivity index (χ1) is 12.2. The number of fused-ring (bicyclic) bond motifs is 1. The Morgan fingerprint density at radius 3 is 2.80 bits per heavy atom. The molecular weight excluding hydrogens is 318 g/mol. The van der Waals surface area contributed by atoms with E-state index in [2.05, 4.69) is 10.3 Å². The first-order valence-electron chi connectivity index (χ1n) is 8.10. The van der Waals surface area contributed by atoms with E-state index < -0.39 is 0 Å². The molecule has 6 heteroatoms. The van der Waals surface area contributed by atoms with Gasteiger partial charge >= 0.3 is 0 Å². The van der Waals surface area contributed by atoms with Crippen molar-refractivity contribution >= 4 is 11.4 Å². The summed E-state index contributed by atoms with van der Waals surface area (Å²) in [6.07, 6.45) is 4.76. The van der Waals surface area contributed by atoms with Gasteiger partial charge in [-0.1, -0.05) is 12.1 Å². The van der Waals surface area contributed by atoms with Crippen LogP contribution >= 0.6 is 0 Å². The normalized spacial score (nSPS) is 10.6. The highest BCUT2D eigenvalue weighted by atomic mass is 16.5. The van der Waals surface area contributed by atoms with Crippen LogP contribution in [0.25, 0.3) is 5.52 Å². The second-order valence-electron chi connectivity index (χ2n) is 5.64. The number of aryl methyl sites for hydroxylation is 1. The Kier molecular flexibility index (Phi) is 5.18. The Morgan fingerprint density at radius 2 is 2.00 bits per heavy atom. The zero-order valence-electron chi connectivity index (χ0n) is 14.4. The van der Waals surface area contributed by atoms with E-state index in [1.54, 1.807) is 14.2 Å². The van der Waals surface area contributed by atoms with Crippen LogP contribution in [-0.2, 0) is 17.8 Å². The number of benzene rings is 1.